The fraction of sp³-hybridized carbons (Fsp3) is 0.286. The van der Waals surface area contributed by atoms with Crippen LogP contribution in [0.2, 0.25) is 0 Å². The molecule has 0 saturated heterocycles. The lowest BCUT2D eigenvalue weighted by Gasteiger charge is -2.31. The summed E-state index contributed by atoms with van der Waals surface area (Å²) in [6, 6.07) is 7.72. The number of quaternary nitrogens is 1. The molecule has 0 spiro atoms. The molecule has 9 heteroatoms. The molecule has 1 aliphatic heterocycles. The average molecular weight is 409 g/mol. The summed E-state index contributed by atoms with van der Waals surface area (Å²) < 4.78 is 4.35. The van der Waals surface area contributed by atoms with Crippen molar-refractivity contribution in [2.24, 2.45) is 10.8 Å². The molecule has 2 N–H and O–H groups in total. The number of ether oxygens (including phenoxy) is 1. The Morgan fingerprint density at radius 3 is 2.37 bits per heavy atom. The second-order valence-electron chi connectivity index (χ2n) is 7.80. The normalized spacial score (nSPS) is 18.4. The molecule has 156 valence electrons. The third-order valence-electron chi connectivity index (χ3n) is 4.96. The van der Waals surface area contributed by atoms with Crippen LogP contribution in [0.1, 0.15) is 26.5 Å². The molecule has 1 aliphatic rings. The van der Waals surface area contributed by atoms with Gasteiger partial charge in [0.15, 0.2) is 11.4 Å². The van der Waals surface area contributed by atoms with E-state index in [1.165, 1.54) is 13.3 Å². The Kier molecular flexibility index (Phi) is 5.41. The Morgan fingerprint density at radius 1 is 1.13 bits per heavy atom. The zero-order valence-electron chi connectivity index (χ0n) is 17.7. The van der Waals surface area contributed by atoms with Crippen LogP contribution < -0.4 is 15.1 Å². The van der Waals surface area contributed by atoms with Crippen LogP contribution in [0, 0.1) is 0 Å². The zero-order chi connectivity index (χ0) is 22.1. The van der Waals surface area contributed by atoms with E-state index in [9.17, 15) is 9.59 Å². The van der Waals surface area contributed by atoms with Gasteiger partial charge in [-0.15, -0.1) is 0 Å². The molecule has 9 nitrogen and oxygen atoms in total. The Balaban J connectivity index is 2.23. The SMILES string of the molecule is COc1ccc([N+]2(C(N)=O)N=C(C(=O)N(C)C(C)(C)C)C=C2c2ccccn2)cn1. The molecule has 2 aromatic heterocycles. The van der Waals surface area contributed by atoms with E-state index < -0.39 is 16.2 Å². The van der Waals surface area contributed by atoms with E-state index in [2.05, 4.69) is 15.1 Å². The number of hydrogen-bond donors (Lipinski definition) is 1. The third-order valence-corrected chi connectivity index (χ3v) is 4.96. The summed E-state index contributed by atoms with van der Waals surface area (Å²) in [5.74, 6) is 0.0373. The van der Waals surface area contributed by atoms with Crippen LogP contribution in [0.4, 0.5) is 10.5 Å². The molecule has 1 unspecified atom stereocenters. The van der Waals surface area contributed by atoms with E-state index in [4.69, 9.17) is 10.5 Å². The second kappa shape index (κ2) is 7.68. The summed E-state index contributed by atoms with van der Waals surface area (Å²) in [4.78, 5) is 36.1. The lowest BCUT2D eigenvalue weighted by molar-refractivity contribution is -0.126. The van der Waals surface area contributed by atoms with Crippen LogP contribution in [0.3, 0.4) is 0 Å². The molecule has 0 fully saturated rings. The van der Waals surface area contributed by atoms with Gasteiger partial charge < -0.3 is 15.4 Å². The fourth-order valence-electron chi connectivity index (χ4n) is 2.98. The van der Waals surface area contributed by atoms with Crippen LogP contribution in [-0.2, 0) is 4.79 Å². The highest BCUT2D eigenvalue weighted by Crippen LogP contribution is 2.39. The number of hydrogen-bond acceptors (Lipinski definition) is 6. The quantitative estimate of drug-likeness (QED) is 0.780. The van der Waals surface area contributed by atoms with Gasteiger partial charge in [-0.2, -0.15) is 0 Å². The maximum Gasteiger partial charge on any atom is 0.451 e. The fourth-order valence-corrected chi connectivity index (χ4v) is 2.98. The van der Waals surface area contributed by atoms with Gasteiger partial charge in [0.05, 0.1) is 13.3 Å². The molecule has 0 saturated carbocycles. The van der Waals surface area contributed by atoms with Gasteiger partial charge in [0, 0.05) is 37.0 Å². The lowest BCUT2D eigenvalue weighted by Crippen LogP contribution is -2.50. The monoisotopic (exact) mass is 409 g/mol. The summed E-state index contributed by atoms with van der Waals surface area (Å²) >= 11 is 0. The van der Waals surface area contributed by atoms with Crippen molar-refractivity contribution in [3.63, 3.8) is 0 Å². The minimum atomic E-state index is -0.792. The molecule has 1 atom stereocenters. The van der Waals surface area contributed by atoms with Crippen LogP contribution in [0.15, 0.2) is 53.9 Å². The van der Waals surface area contributed by atoms with Crippen molar-refractivity contribution in [2.75, 3.05) is 14.2 Å². The lowest BCUT2D eigenvalue weighted by atomic mass is 10.1. The minimum absolute atomic E-state index is 0.0997. The predicted molar refractivity (Wildman–Crippen MR) is 114 cm³/mol. The van der Waals surface area contributed by atoms with Gasteiger partial charge in [0.25, 0.3) is 5.91 Å². The van der Waals surface area contributed by atoms with Crippen molar-refractivity contribution in [1.82, 2.24) is 19.5 Å². The highest BCUT2D eigenvalue weighted by Gasteiger charge is 2.51. The van der Waals surface area contributed by atoms with Crippen molar-refractivity contribution < 1.29 is 14.3 Å². The number of pyridine rings is 2. The number of nitrogens with two attached hydrogens (primary N) is 1. The molecule has 3 rings (SSSR count). The van der Waals surface area contributed by atoms with Gasteiger partial charge >= 0.3 is 6.03 Å². The van der Waals surface area contributed by atoms with Crippen molar-refractivity contribution >= 4 is 29.0 Å². The average Bonchev–Trinajstić information content (AvgIpc) is 3.15. The Labute approximate surface area is 175 Å². The number of aromatic nitrogens is 2. The van der Waals surface area contributed by atoms with Crippen LogP contribution in [0.25, 0.3) is 5.70 Å². The molecule has 3 amide bonds. The number of methoxy groups -OCH3 is 1. The Bertz CT molecular complexity index is 1020. The summed E-state index contributed by atoms with van der Waals surface area (Å²) in [5.41, 5.74) is 6.72. The number of nitrogens with zero attached hydrogens (tertiary/aromatic N) is 5. The minimum Gasteiger partial charge on any atom is -0.481 e. The van der Waals surface area contributed by atoms with E-state index in [-0.39, 0.29) is 11.6 Å². The maximum atomic E-state index is 13.1. The molecule has 3 heterocycles. The van der Waals surface area contributed by atoms with Gasteiger partial charge in [0.1, 0.15) is 5.69 Å². The zero-order valence-corrected chi connectivity index (χ0v) is 17.7. The molecule has 30 heavy (non-hydrogen) atoms. The number of carbonyl (C=O) groups is 2. The smallest absolute Gasteiger partial charge is 0.451 e. The first-order chi connectivity index (χ1) is 14.1. The number of amides is 3. The van der Waals surface area contributed by atoms with E-state index in [0.29, 0.717) is 23.0 Å². The first-order valence-corrected chi connectivity index (χ1v) is 9.33. The molecular weight excluding hydrogens is 384 g/mol. The highest BCUT2D eigenvalue weighted by molar-refractivity contribution is 6.46. The molecular formula is C21H25N6O3+. The summed E-state index contributed by atoms with van der Waals surface area (Å²) in [6.07, 6.45) is 4.60. The van der Waals surface area contributed by atoms with Crippen LogP contribution in [0.5, 0.6) is 5.88 Å². The predicted octanol–water partition coefficient (Wildman–Crippen LogP) is 2.54. The molecule has 0 bridgehead atoms. The van der Waals surface area contributed by atoms with Crippen molar-refractivity contribution in [3.05, 3.63) is 54.5 Å². The molecule has 0 aromatic carbocycles. The standard InChI is InChI=1S/C21H24N6O3/c1-21(2,3)26(4)19(28)16-12-17(15-8-6-7-11-23-15)27(25-16,20(22)29)14-9-10-18(30-5)24-13-14/h6-13H,1-5H3,(H-,22,29)/p+1. The largest absolute Gasteiger partial charge is 0.481 e. The van der Waals surface area contributed by atoms with Gasteiger partial charge in [-0.05, 0) is 37.5 Å². The number of primary amides is 1. The van der Waals surface area contributed by atoms with Gasteiger partial charge in [-0.3, -0.25) is 9.78 Å². The van der Waals surface area contributed by atoms with Crippen LogP contribution >= 0.6 is 0 Å². The summed E-state index contributed by atoms with van der Waals surface area (Å²) in [5, 5.41) is 4.51. The summed E-state index contributed by atoms with van der Waals surface area (Å²) in [7, 11) is 3.18. The highest BCUT2D eigenvalue weighted by atomic mass is 16.5. The number of urea groups is 1. The van der Waals surface area contributed by atoms with Crippen LogP contribution in [-0.4, -0.2) is 52.2 Å². The van der Waals surface area contributed by atoms with Gasteiger partial charge in [-0.25, -0.2) is 9.78 Å². The number of rotatable bonds is 4. The van der Waals surface area contributed by atoms with E-state index in [0.717, 1.165) is 0 Å². The second-order valence-corrected chi connectivity index (χ2v) is 7.80. The maximum absolute atomic E-state index is 13.1. The first kappa shape index (κ1) is 21.1. The van der Waals surface area contributed by atoms with Crippen molar-refractivity contribution in [2.45, 2.75) is 26.3 Å². The molecule has 0 radical (unpaired) electrons. The molecule has 0 aliphatic carbocycles. The van der Waals surface area contributed by atoms with Crippen molar-refractivity contribution in [3.8, 4) is 5.88 Å². The summed E-state index contributed by atoms with van der Waals surface area (Å²) in [6.45, 7) is 5.73. The molecule has 2 aromatic rings. The van der Waals surface area contributed by atoms with Gasteiger partial charge in [0.2, 0.25) is 11.6 Å². The van der Waals surface area contributed by atoms with Gasteiger partial charge in [-0.1, -0.05) is 11.2 Å². The van der Waals surface area contributed by atoms with E-state index >= 15 is 0 Å². The third kappa shape index (κ3) is 3.55. The Hall–Kier alpha value is -3.59. The first-order valence-electron chi connectivity index (χ1n) is 9.33. The van der Waals surface area contributed by atoms with Crippen molar-refractivity contribution in [1.29, 1.82) is 0 Å². The van der Waals surface area contributed by atoms with E-state index in [1.807, 2.05) is 20.8 Å². The topological polar surface area (TPSA) is 111 Å². The Morgan fingerprint density at radius 2 is 1.87 bits per heavy atom. The number of carbonyl (C=O) groups excluding carboxylic acids is 2. The van der Waals surface area contributed by atoms with E-state index in [1.54, 1.807) is 54.6 Å².